The molecule has 1 aromatic carbocycles. The molecule has 0 heterocycles. The van der Waals surface area contributed by atoms with Crippen molar-refractivity contribution in [1.82, 2.24) is 0 Å². The summed E-state index contributed by atoms with van der Waals surface area (Å²) in [6.07, 6.45) is 0. The zero-order valence-corrected chi connectivity index (χ0v) is 7.68. The first kappa shape index (κ1) is 10.2. The molecule has 5 heteroatoms. The van der Waals surface area contributed by atoms with E-state index in [-0.39, 0.29) is 5.56 Å². The smallest absolute Gasteiger partial charge is 0.204 e. The second-order valence-electron chi connectivity index (χ2n) is 2.41. The van der Waals surface area contributed by atoms with Gasteiger partial charge in [-0.3, -0.25) is 0 Å². The number of hydrogen-bond acceptors (Lipinski definition) is 1. The summed E-state index contributed by atoms with van der Waals surface area (Å²) in [5.74, 6) is -4.43. The van der Waals surface area contributed by atoms with Gasteiger partial charge < -0.3 is 4.74 Å². The second-order valence-corrected chi connectivity index (χ2v) is 2.79. The highest BCUT2D eigenvalue weighted by molar-refractivity contribution is 6.31. The molecule has 13 heavy (non-hydrogen) atoms. The van der Waals surface area contributed by atoms with Gasteiger partial charge in [0.05, 0.1) is 12.1 Å². The van der Waals surface area contributed by atoms with Gasteiger partial charge in [-0.1, -0.05) is 11.6 Å². The molecule has 0 saturated heterocycles. The van der Waals surface area contributed by atoms with Gasteiger partial charge in [-0.2, -0.15) is 4.39 Å². The molecular weight excluding hydrogens is 205 g/mol. The summed E-state index contributed by atoms with van der Waals surface area (Å²) in [5.41, 5.74) is -0.266. The van der Waals surface area contributed by atoms with E-state index in [2.05, 4.69) is 4.74 Å². The van der Waals surface area contributed by atoms with Crippen LogP contribution in [0.25, 0.3) is 0 Å². The van der Waals surface area contributed by atoms with Crippen molar-refractivity contribution in [3.63, 3.8) is 0 Å². The van der Waals surface area contributed by atoms with Crippen LogP contribution in [-0.4, -0.2) is 7.11 Å². The third-order valence-corrected chi connectivity index (χ3v) is 2.10. The van der Waals surface area contributed by atoms with E-state index in [9.17, 15) is 13.2 Å². The Balaban J connectivity index is 3.56. The van der Waals surface area contributed by atoms with E-state index < -0.39 is 28.2 Å². The van der Waals surface area contributed by atoms with Gasteiger partial charge >= 0.3 is 0 Å². The highest BCUT2D eigenvalue weighted by Gasteiger charge is 2.22. The van der Waals surface area contributed by atoms with Crippen molar-refractivity contribution >= 4 is 11.6 Å². The highest BCUT2D eigenvalue weighted by atomic mass is 35.5. The van der Waals surface area contributed by atoms with Crippen molar-refractivity contribution in [2.75, 3.05) is 7.11 Å². The van der Waals surface area contributed by atoms with Crippen LogP contribution in [0.3, 0.4) is 0 Å². The average molecular weight is 211 g/mol. The van der Waals surface area contributed by atoms with E-state index in [1.807, 2.05) is 0 Å². The standard InChI is InChI=1S/C8H6ClF3O/c1-3-4(9)6(11)8(13-2)7(12)5(3)10/h1-2H3. The minimum atomic E-state index is -1.36. The summed E-state index contributed by atoms with van der Waals surface area (Å²) in [4.78, 5) is 0. The van der Waals surface area contributed by atoms with E-state index in [4.69, 9.17) is 11.6 Å². The summed E-state index contributed by atoms with van der Waals surface area (Å²) in [5, 5.41) is -0.462. The van der Waals surface area contributed by atoms with Crippen LogP contribution in [0.15, 0.2) is 0 Å². The van der Waals surface area contributed by atoms with Crippen molar-refractivity contribution < 1.29 is 17.9 Å². The molecule has 0 fully saturated rings. The number of halogens is 4. The van der Waals surface area contributed by atoms with Gasteiger partial charge in [-0.15, -0.1) is 0 Å². The van der Waals surface area contributed by atoms with Gasteiger partial charge in [0.2, 0.25) is 5.82 Å². The molecule has 0 aliphatic rings. The molecular formula is C8H6ClF3O. The molecule has 0 N–H and O–H groups in total. The Morgan fingerprint density at radius 1 is 1.08 bits per heavy atom. The summed E-state index contributed by atoms with van der Waals surface area (Å²) < 4.78 is 43.2. The van der Waals surface area contributed by atoms with Gasteiger partial charge in [0, 0.05) is 5.56 Å². The molecule has 0 spiro atoms. The van der Waals surface area contributed by atoms with Crippen LogP contribution >= 0.6 is 11.6 Å². The monoisotopic (exact) mass is 210 g/mol. The zero-order valence-electron chi connectivity index (χ0n) is 6.92. The van der Waals surface area contributed by atoms with E-state index in [1.165, 1.54) is 6.92 Å². The number of ether oxygens (including phenoxy) is 1. The molecule has 1 aromatic rings. The fraction of sp³-hybridized carbons (Fsp3) is 0.250. The molecule has 0 radical (unpaired) electrons. The predicted molar refractivity (Wildman–Crippen MR) is 42.6 cm³/mol. The lowest BCUT2D eigenvalue weighted by Gasteiger charge is -2.08. The molecule has 0 aromatic heterocycles. The fourth-order valence-electron chi connectivity index (χ4n) is 0.901. The predicted octanol–water partition coefficient (Wildman–Crippen LogP) is 3.07. The minimum absolute atomic E-state index is 0.266. The first-order chi connectivity index (χ1) is 6.00. The van der Waals surface area contributed by atoms with Crippen molar-refractivity contribution in [1.29, 1.82) is 0 Å². The number of rotatable bonds is 1. The lowest BCUT2D eigenvalue weighted by atomic mass is 10.2. The maximum absolute atomic E-state index is 13.0. The number of benzene rings is 1. The molecule has 0 bridgehead atoms. The van der Waals surface area contributed by atoms with Crippen molar-refractivity contribution in [2.24, 2.45) is 0 Å². The van der Waals surface area contributed by atoms with E-state index in [0.29, 0.717) is 0 Å². The Kier molecular flexibility index (Phi) is 2.71. The van der Waals surface area contributed by atoms with Gasteiger partial charge in [-0.05, 0) is 6.92 Å². The first-order valence-corrected chi connectivity index (χ1v) is 3.75. The lowest BCUT2D eigenvalue weighted by Crippen LogP contribution is -2.00. The Hall–Kier alpha value is -0.900. The zero-order chi connectivity index (χ0) is 10.2. The lowest BCUT2D eigenvalue weighted by molar-refractivity contribution is 0.345. The molecule has 0 saturated carbocycles. The normalized spacial score (nSPS) is 10.3. The van der Waals surface area contributed by atoms with Gasteiger partial charge in [0.25, 0.3) is 0 Å². The minimum Gasteiger partial charge on any atom is -0.491 e. The fourth-order valence-corrected chi connectivity index (χ4v) is 1.07. The SMILES string of the molecule is COc1c(F)c(F)c(C)c(Cl)c1F. The average Bonchev–Trinajstić information content (AvgIpc) is 2.13. The van der Waals surface area contributed by atoms with Crippen molar-refractivity contribution in [3.05, 3.63) is 28.0 Å². The molecule has 0 aliphatic carbocycles. The Morgan fingerprint density at radius 2 is 1.62 bits per heavy atom. The number of methoxy groups -OCH3 is 1. The van der Waals surface area contributed by atoms with E-state index in [0.717, 1.165) is 7.11 Å². The van der Waals surface area contributed by atoms with Gasteiger partial charge in [0.1, 0.15) is 0 Å². The first-order valence-electron chi connectivity index (χ1n) is 3.37. The second kappa shape index (κ2) is 3.46. The van der Waals surface area contributed by atoms with Gasteiger partial charge in [-0.25, -0.2) is 8.78 Å². The summed E-state index contributed by atoms with van der Waals surface area (Å²) in [7, 11) is 1.03. The maximum Gasteiger partial charge on any atom is 0.204 e. The molecule has 0 unspecified atom stereocenters. The Labute approximate surface area is 78.1 Å². The molecule has 0 aliphatic heterocycles. The van der Waals surface area contributed by atoms with E-state index >= 15 is 0 Å². The Bertz CT molecular complexity index is 323. The molecule has 1 nitrogen and oxygen atoms in total. The van der Waals surface area contributed by atoms with Crippen LogP contribution in [0.4, 0.5) is 13.2 Å². The van der Waals surface area contributed by atoms with Crippen LogP contribution in [-0.2, 0) is 0 Å². The number of hydrogen-bond donors (Lipinski definition) is 0. The third-order valence-electron chi connectivity index (χ3n) is 1.65. The third kappa shape index (κ3) is 1.46. The van der Waals surface area contributed by atoms with Crippen LogP contribution in [0, 0.1) is 24.4 Å². The summed E-state index contributed by atoms with van der Waals surface area (Å²) in [6.45, 7) is 1.18. The molecule has 0 amide bonds. The van der Waals surface area contributed by atoms with Crippen LogP contribution < -0.4 is 4.74 Å². The molecule has 0 atom stereocenters. The molecule has 1 rings (SSSR count). The molecule has 72 valence electrons. The van der Waals surface area contributed by atoms with Crippen LogP contribution in [0.5, 0.6) is 5.75 Å². The van der Waals surface area contributed by atoms with Crippen molar-refractivity contribution in [3.8, 4) is 5.75 Å². The van der Waals surface area contributed by atoms with E-state index in [1.54, 1.807) is 0 Å². The topological polar surface area (TPSA) is 9.23 Å². The maximum atomic E-state index is 13.0. The summed E-state index contributed by atoms with van der Waals surface area (Å²) in [6, 6.07) is 0. The Morgan fingerprint density at radius 3 is 2.08 bits per heavy atom. The van der Waals surface area contributed by atoms with Crippen LogP contribution in [0.2, 0.25) is 5.02 Å². The summed E-state index contributed by atoms with van der Waals surface area (Å²) >= 11 is 5.38. The largest absolute Gasteiger partial charge is 0.491 e. The quantitative estimate of drug-likeness (QED) is 0.648. The van der Waals surface area contributed by atoms with Crippen LogP contribution in [0.1, 0.15) is 5.56 Å². The van der Waals surface area contributed by atoms with Crippen molar-refractivity contribution in [2.45, 2.75) is 6.92 Å². The van der Waals surface area contributed by atoms with Gasteiger partial charge in [0.15, 0.2) is 17.4 Å². The highest BCUT2D eigenvalue weighted by Crippen LogP contribution is 2.33.